The standard InChI is InChI=1S/C15H12N2O3/c1-2-16(12-8-4-3-5-9-12)15(18)13-10-6-7-11-14(13)17(19)20/h2-11H,1H2. The maximum absolute atomic E-state index is 12.5. The lowest BCUT2D eigenvalue weighted by Crippen LogP contribution is -2.25. The van der Waals surface area contributed by atoms with Crippen LogP contribution in [0.5, 0.6) is 0 Å². The Morgan fingerprint density at radius 2 is 1.70 bits per heavy atom. The second-order valence-corrected chi connectivity index (χ2v) is 3.97. The largest absolute Gasteiger partial charge is 0.284 e. The molecule has 0 bridgehead atoms. The van der Waals surface area contributed by atoms with Crippen LogP contribution in [0.25, 0.3) is 0 Å². The van der Waals surface area contributed by atoms with Crippen molar-refractivity contribution in [1.82, 2.24) is 0 Å². The van der Waals surface area contributed by atoms with Crippen LogP contribution >= 0.6 is 0 Å². The van der Waals surface area contributed by atoms with Crippen molar-refractivity contribution in [2.45, 2.75) is 0 Å². The number of para-hydroxylation sites is 2. The van der Waals surface area contributed by atoms with E-state index >= 15 is 0 Å². The molecule has 5 heteroatoms. The van der Waals surface area contributed by atoms with E-state index < -0.39 is 10.8 Å². The van der Waals surface area contributed by atoms with Gasteiger partial charge in [-0.3, -0.25) is 19.8 Å². The molecule has 0 spiro atoms. The number of carbonyl (C=O) groups is 1. The third-order valence-electron chi connectivity index (χ3n) is 2.77. The molecule has 0 fully saturated rings. The summed E-state index contributed by atoms with van der Waals surface area (Å²) in [5.41, 5.74) is 0.409. The third-order valence-corrected chi connectivity index (χ3v) is 2.77. The molecule has 2 aromatic rings. The first-order valence-corrected chi connectivity index (χ1v) is 5.89. The molecule has 2 rings (SSSR count). The number of hydrogen-bond acceptors (Lipinski definition) is 3. The zero-order chi connectivity index (χ0) is 14.5. The number of hydrogen-bond donors (Lipinski definition) is 0. The first-order chi connectivity index (χ1) is 9.65. The molecule has 0 radical (unpaired) electrons. The summed E-state index contributed by atoms with van der Waals surface area (Å²) in [5, 5.41) is 11.0. The molecular weight excluding hydrogens is 256 g/mol. The van der Waals surface area contributed by atoms with Gasteiger partial charge in [-0.1, -0.05) is 36.9 Å². The highest BCUT2D eigenvalue weighted by molar-refractivity contribution is 6.09. The van der Waals surface area contributed by atoms with Crippen LogP contribution in [0.3, 0.4) is 0 Å². The van der Waals surface area contributed by atoms with Gasteiger partial charge in [0.2, 0.25) is 0 Å². The van der Waals surface area contributed by atoms with Crippen LogP contribution in [0, 0.1) is 10.1 Å². The third kappa shape index (κ3) is 2.56. The van der Waals surface area contributed by atoms with Crippen LogP contribution < -0.4 is 4.90 Å². The van der Waals surface area contributed by atoms with Crippen molar-refractivity contribution in [1.29, 1.82) is 0 Å². The number of carbonyl (C=O) groups excluding carboxylic acids is 1. The fraction of sp³-hybridized carbons (Fsp3) is 0. The summed E-state index contributed by atoms with van der Waals surface area (Å²) in [7, 11) is 0. The summed E-state index contributed by atoms with van der Waals surface area (Å²) < 4.78 is 0. The maximum atomic E-state index is 12.5. The lowest BCUT2D eigenvalue weighted by molar-refractivity contribution is -0.385. The summed E-state index contributed by atoms with van der Waals surface area (Å²) in [5.74, 6) is -0.487. The van der Waals surface area contributed by atoms with Gasteiger partial charge in [0.05, 0.1) is 4.92 Å². The second-order valence-electron chi connectivity index (χ2n) is 3.97. The van der Waals surface area contributed by atoms with E-state index in [4.69, 9.17) is 0 Å². The van der Waals surface area contributed by atoms with Gasteiger partial charge in [-0.25, -0.2) is 0 Å². The molecule has 0 saturated heterocycles. The molecule has 0 unspecified atom stereocenters. The number of amides is 1. The minimum atomic E-state index is -0.570. The molecule has 0 N–H and O–H groups in total. The van der Waals surface area contributed by atoms with E-state index in [1.54, 1.807) is 30.3 Å². The normalized spacial score (nSPS) is 9.80. The van der Waals surface area contributed by atoms with E-state index in [0.29, 0.717) is 5.69 Å². The monoisotopic (exact) mass is 268 g/mol. The predicted octanol–water partition coefficient (Wildman–Crippen LogP) is 3.39. The van der Waals surface area contributed by atoms with E-state index in [0.717, 1.165) is 0 Å². The minimum absolute atomic E-state index is 0.0289. The first-order valence-electron chi connectivity index (χ1n) is 5.89. The molecular formula is C15H12N2O3. The van der Waals surface area contributed by atoms with Gasteiger partial charge in [-0.05, 0) is 18.2 Å². The Morgan fingerprint density at radius 3 is 2.30 bits per heavy atom. The molecule has 100 valence electrons. The molecule has 2 aromatic carbocycles. The molecule has 0 aliphatic heterocycles. The molecule has 5 nitrogen and oxygen atoms in total. The Kier molecular flexibility index (Phi) is 3.91. The van der Waals surface area contributed by atoms with Gasteiger partial charge >= 0.3 is 0 Å². The average Bonchev–Trinajstić information content (AvgIpc) is 2.49. The molecule has 20 heavy (non-hydrogen) atoms. The molecule has 0 aliphatic carbocycles. The fourth-order valence-corrected chi connectivity index (χ4v) is 1.84. The van der Waals surface area contributed by atoms with Crippen LogP contribution in [0.2, 0.25) is 0 Å². The van der Waals surface area contributed by atoms with Crippen LogP contribution in [0.1, 0.15) is 10.4 Å². The molecule has 0 saturated carbocycles. The van der Waals surface area contributed by atoms with Crippen molar-refractivity contribution < 1.29 is 9.72 Å². The van der Waals surface area contributed by atoms with Crippen molar-refractivity contribution in [2.75, 3.05) is 4.90 Å². The quantitative estimate of drug-likeness (QED) is 0.630. The van der Waals surface area contributed by atoms with Crippen LogP contribution in [0.15, 0.2) is 67.4 Å². The van der Waals surface area contributed by atoms with Gasteiger partial charge in [-0.15, -0.1) is 0 Å². The van der Waals surface area contributed by atoms with E-state index in [1.165, 1.54) is 29.3 Å². The second kappa shape index (κ2) is 5.79. The lowest BCUT2D eigenvalue weighted by Gasteiger charge is -2.17. The van der Waals surface area contributed by atoms with Gasteiger partial charge in [0.15, 0.2) is 0 Å². The fourth-order valence-electron chi connectivity index (χ4n) is 1.84. The van der Waals surface area contributed by atoms with Gasteiger partial charge in [-0.2, -0.15) is 0 Å². The summed E-state index contributed by atoms with van der Waals surface area (Å²) >= 11 is 0. The topological polar surface area (TPSA) is 63.5 Å². The van der Waals surface area contributed by atoms with E-state index in [-0.39, 0.29) is 11.3 Å². The van der Waals surface area contributed by atoms with Crippen molar-refractivity contribution in [3.63, 3.8) is 0 Å². The summed E-state index contributed by atoms with van der Waals surface area (Å²) in [6.07, 6.45) is 1.34. The molecule has 0 atom stereocenters. The van der Waals surface area contributed by atoms with Crippen LogP contribution in [-0.4, -0.2) is 10.8 Å². The number of nitro benzene ring substituents is 1. The Morgan fingerprint density at radius 1 is 1.10 bits per heavy atom. The highest BCUT2D eigenvalue weighted by atomic mass is 16.6. The smallest absolute Gasteiger partial charge is 0.282 e. The van der Waals surface area contributed by atoms with Crippen molar-refractivity contribution in [3.05, 3.63) is 83.1 Å². The highest BCUT2D eigenvalue weighted by Gasteiger charge is 2.23. The minimum Gasteiger partial charge on any atom is -0.284 e. The van der Waals surface area contributed by atoms with Crippen molar-refractivity contribution >= 4 is 17.3 Å². The lowest BCUT2D eigenvalue weighted by atomic mass is 10.1. The zero-order valence-corrected chi connectivity index (χ0v) is 10.6. The molecule has 0 aliphatic rings. The molecule has 0 aromatic heterocycles. The first kappa shape index (κ1) is 13.5. The Balaban J connectivity index is 2.45. The van der Waals surface area contributed by atoms with E-state index in [1.807, 2.05) is 6.07 Å². The van der Waals surface area contributed by atoms with Gasteiger partial charge in [0.1, 0.15) is 5.56 Å². The van der Waals surface area contributed by atoms with Gasteiger partial charge < -0.3 is 0 Å². The predicted molar refractivity (Wildman–Crippen MR) is 76.5 cm³/mol. The average molecular weight is 268 g/mol. The Bertz CT molecular complexity index is 653. The van der Waals surface area contributed by atoms with Crippen molar-refractivity contribution in [2.24, 2.45) is 0 Å². The van der Waals surface area contributed by atoms with E-state index in [2.05, 4.69) is 6.58 Å². The number of nitrogens with zero attached hydrogens (tertiary/aromatic N) is 2. The number of nitro groups is 1. The Hall–Kier alpha value is -2.95. The number of benzene rings is 2. The zero-order valence-electron chi connectivity index (χ0n) is 10.6. The van der Waals surface area contributed by atoms with Gasteiger partial charge in [0, 0.05) is 18.0 Å². The molecule has 1 amide bonds. The van der Waals surface area contributed by atoms with Crippen LogP contribution in [0.4, 0.5) is 11.4 Å². The molecule has 0 heterocycles. The SMILES string of the molecule is C=CN(C(=O)c1ccccc1[N+](=O)[O-])c1ccccc1. The number of anilines is 1. The maximum Gasteiger partial charge on any atom is 0.282 e. The number of rotatable bonds is 4. The summed E-state index contributed by atoms with van der Waals surface area (Å²) in [6, 6.07) is 14.7. The summed E-state index contributed by atoms with van der Waals surface area (Å²) in [4.78, 5) is 24.1. The highest BCUT2D eigenvalue weighted by Crippen LogP contribution is 2.23. The van der Waals surface area contributed by atoms with Crippen molar-refractivity contribution in [3.8, 4) is 0 Å². The van der Waals surface area contributed by atoms with E-state index in [9.17, 15) is 14.9 Å². The summed E-state index contributed by atoms with van der Waals surface area (Å²) in [6.45, 7) is 3.59. The van der Waals surface area contributed by atoms with Crippen LogP contribution in [-0.2, 0) is 0 Å². The van der Waals surface area contributed by atoms with Gasteiger partial charge in [0.25, 0.3) is 11.6 Å². The Labute approximate surface area is 115 Å².